The van der Waals surface area contributed by atoms with E-state index in [9.17, 15) is 14.7 Å². The van der Waals surface area contributed by atoms with Crippen LogP contribution in [-0.2, 0) is 16.1 Å². The number of carbonyl (C=O) groups excluding carboxylic acids is 2. The predicted molar refractivity (Wildman–Crippen MR) is 105 cm³/mol. The van der Waals surface area contributed by atoms with Gasteiger partial charge in [0.25, 0.3) is 0 Å². The van der Waals surface area contributed by atoms with Crippen LogP contribution in [0.1, 0.15) is 22.8 Å². The lowest BCUT2D eigenvalue weighted by molar-refractivity contribution is -0.139. The van der Waals surface area contributed by atoms with Crippen molar-refractivity contribution in [3.05, 3.63) is 83.4 Å². The number of aryl methyl sites for hydroxylation is 1. The molecule has 0 radical (unpaired) electrons. The van der Waals surface area contributed by atoms with Crippen molar-refractivity contribution in [1.82, 2.24) is 10.6 Å². The summed E-state index contributed by atoms with van der Waals surface area (Å²) in [7, 11) is 0. The first kappa shape index (κ1) is 18.6. The maximum atomic E-state index is 12.0. The topological polar surface area (TPSA) is 78.4 Å². The van der Waals surface area contributed by atoms with Gasteiger partial charge in [0, 0.05) is 13.1 Å². The molecule has 1 atom stereocenters. The fourth-order valence-corrected chi connectivity index (χ4v) is 2.89. The molecule has 1 unspecified atom stereocenters. The number of hydrogen-bond donors (Lipinski definition) is 3. The average Bonchev–Trinajstić information content (AvgIpc) is 2.70. The Morgan fingerprint density at radius 1 is 0.889 bits per heavy atom. The molecule has 0 saturated heterocycles. The normalized spacial score (nSPS) is 11.8. The van der Waals surface area contributed by atoms with E-state index in [4.69, 9.17) is 0 Å². The Balaban J connectivity index is 1.54. The smallest absolute Gasteiger partial charge is 0.309 e. The van der Waals surface area contributed by atoms with Crippen molar-refractivity contribution in [2.45, 2.75) is 19.6 Å². The highest BCUT2D eigenvalue weighted by molar-refractivity contribution is 6.35. The second-order valence-corrected chi connectivity index (χ2v) is 6.46. The van der Waals surface area contributed by atoms with E-state index in [2.05, 4.69) is 10.6 Å². The zero-order valence-corrected chi connectivity index (χ0v) is 15.1. The molecule has 3 rings (SSSR count). The maximum absolute atomic E-state index is 12.0. The van der Waals surface area contributed by atoms with Gasteiger partial charge in [-0.05, 0) is 28.8 Å². The van der Waals surface area contributed by atoms with Gasteiger partial charge in [-0.1, -0.05) is 72.3 Å². The Morgan fingerprint density at radius 3 is 2.33 bits per heavy atom. The quantitative estimate of drug-likeness (QED) is 0.611. The average molecular weight is 362 g/mol. The molecule has 0 fully saturated rings. The standard InChI is InChI=1S/C22H22N2O3/c1-15-9-11-16(12-10-15)13-23-21(26)22(27)24-14-20(25)19-8-4-6-17-5-2-3-7-18(17)19/h2-12,20,25H,13-14H2,1H3,(H,23,26)(H,24,27). The third-order valence-corrected chi connectivity index (χ3v) is 4.42. The van der Waals surface area contributed by atoms with Crippen LogP contribution in [0.3, 0.4) is 0 Å². The summed E-state index contributed by atoms with van der Waals surface area (Å²) >= 11 is 0. The van der Waals surface area contributed by atoms with Gasteiger partial charge >= 0.3 is 11.8 Å². The number of nitrogens with one attached hydrogen (secondary N) is 2. The number of aliphatic hydroxyl groups is 1. The van der Waals surface area contributed by atoms with Crippen molar-refractivity contribution in [2.75, 3.05) is 6.54 Å². The molecule has 138 valence electrons. The van der Waals surface area contributed by atoms with E-state index >= 15 is 0 Å². The molecule has 0 aromatic heterocycles. The molecule has 5 heteroatoms. The summed E-state index contributed by atoms with van der Waals surface area (Å²) in [6.45, 7) is 2.22. The maximum Gasteiger partial charge on any atom is 0.309 e. The highest BCUT2D eigenvalue weighted by Crippen LogP contribution is 2.23. The lowest BCUT2D eigenvalue weighted by atomic mass is 10.0. The van der Waals surface area contributed by atoms with E-state index in [-0.39, 0.29) is 13.1 Å². The third-order valence-electron chi connectivity index (χ3n) is 4.42. The molecule has 0 aliphatic carbocycles. The Bertz CT molecular complexity index is 946. The molecular formula is C22H22N2O3. The molecule has 27 heavy (non-hydrogen) atoms. The van der Waals surface area contributed by atoms with Crippen LogP contribution in [0.15, 0.2) is 66.7 Å². The van der Waals surface area contributed by atoms with Crippen LogP contribution in [0.25, 0.3) is 10.8 Å². The van der Waals surface area contributed by atoms with E-state index in [0.29, 0.717) is 5.56 Å². The lowest BCUT2D eigenvalue weighted by Crippen LogP contribution is -2.41. The highest BCUT2D eigenvalue weighted by Gasteiger charge is 2.16. The van der Waals surface area contributed by atoms with E-state index < -0.39 is 17.9 Å². The minimum Gasteiger partial charge on any atom is -0.387 e. The fourth-order valence-electron chi connectivity index (χ4n) is 2.89. The molecule has 5 nitrogen and oxygen atoms in total. The van der Waals surface area contributed by atoms with Crippen LogP contribution in [-0.4, -0.2) is 23.5 Å². The van der Waals surface area contributed by atoms with Crippen LogP contribution in [0, 0.1) is 6.92 Å². The summed E-state index contributed by atoms with van der Waals surface area (Å²) in [4.78, 5) is 23.9. The first-order valence-corrected chi connectivity index (χ1v) is 8.82. The van der Waals surface area contributed by atoms with Gasteiger partial charge in [-0.3, -0.25) is 9.59 Å². The summed E-state index contributed by atoms with van der Waals surface area (Å²) in [6, 6.07) is 21.0. The molecule has 2 amide bonds. The zero-order chi connectivity index (χ0) is 19.2. The Labute approximate surface area is 158 Å². The number of aliphatic hydroxyl groups excluding tert-OH is 1. The Hall–Kier alpha value is -3.18. The van der Waals surface area contributed by atoms with E-state index in [1.165, 1.54) is 0 Å². The van der Waals surface area contributed by atoms with E-state index in [1.54, 1.807) is 0 Å². The molecule has 0 aliphatic rings. The SMILES string of the molecule is Cc1ccc(CNC(=O)C(=O)NCC(O)c2cccc3ccccc23)cc1. The van der Waals surface area contributed by atoms with Crippen molar-refractivity contribution in [3.63, 3.8) is 0 Å². The van der Waals surface area contributed by atoms with Gasteiger partial charge in [-0.25, -0.2) is 0 Å². The summed E-state index contributed by atoms with van der Waals surface area (Å²) in [5, 5.41) is 17.4. The van der Waals surface area contributed by atoms with Gasteiger partial charge in [0.1, 0.15) is 0 Å². The van der Waals surface area contributed by atoms with E-state index in [0.717, 1.165) is 21.9 Å². The van der Waals surface area contributed by atoms with Gasteiger partial charge in [0.2, 0.25) is 0 Å². The number of fused-ring (bicyclic) bond motifs is 1. The van der Waals surface area contributed by atoms with Crippen LogP contribution >= 0.6 is 0 Å². The second-order valence-electron chi connectivity index (χ2n) is 6.46. The molecule has 0 spiro atoms. The third kappa shape index (κ3) is 4.71. The summed E-state index contributed by atoms with van der Waals surface area (Å²) in [6.07, 6.45) is -0.898. The van der Waals surface area contributed by atoms with Crippen molar-refractivity contribution in [2.24, 2.45) is 0 Å². The monoisotopic (exact) mass is 362 g/mol. The predicted octanol–water partition coefficient (Wildman–Crippen LogP) is 2.61. The Morgan fingerprint density at radius 2 is 1.56 bits per heavy atom. The van der Waals surface area contributed by atoms with Crippen LogP contribution in [0.4, 0.5) is 0 Å². The second kappa shape index (κ2) is 8.47. The highest BCUT2D eigenvalue weighted by atomic mass is 16.3. The molecule has 0 heterocycles. The first-order valence-electron chi connectivity index (χ1n) is 8.82. The number of rotatable bonds is 5. The molecular weight excluding hydrogens is 340 g/mol. The number of benzene rings is 3. The lowest BCUT2D eigenvalue weighted by Gasteiger charge is -2.14. The molecule has 3 aromatic rings. The number of amides is 2. The van der Waals surface area contributed by atoms with Crippen molar-refractivity contribution in [3.8, 4) is 0 Å². The minimum atomic E-state index is -0.898. The summed E-state index contributed by atoms with van der Waals surface area (Å²) in [5.74, 6) is -1.48. The van der Waals surface area contributed by atoms with Gasteiger partial charge in [0.05, 0.1) is 6.10 Å². The zero-order valence-electron chi connectivity index (χ0n) is 15.1. The van der Waals surface area contributed by atoms with E-state index in [1.807, 2.05) is 73.7 Å². The number of hydrogen-bond acceptors (Lipinski definition) is 3. The minimum absolute atomic E-state index is 0.0369. The molecule has 0 bridgehead atoms. The molecule has 0 saturated carbocycles. The van der Waals surface area contributed by atoms with Crippen molar-refractivity contribution in [1.29, 1.82) is 0 Å². The van der Waals surface area contributed by atoms with Gasteiger partial charge in [0.15, 0.2) is 0 Å². The summed E-state index contributed by atoms with van der Waals surface area (Å²) < 4.78 is 0. The van der Waals surface area contributed by atoms with Crippen molar-refractivity contribution < 1.29 is 14.7 Å². The summed E-state index contributed by atoms with van der Waals surface area (Å²) in [5.41, 5.74) is 2.76. The number of carbonyl (C=O) groups is 2. The largest absolute Gasteiger partial charge is 0.387 e. The molecule has 0 aliphatic heterocycles. The van der Waals surface area contributed by atoms with Gasteiger partial charge < -0.3 is 15.7 Å². The Kier molecular flexibility index (Phi) is 5.84. The molecule has 3 aromatic carbocycles. The van der Waals surface area contributed by atoms with Gasteiger partial charge in [-0.2, -0.15) is 0 Å². The van der Waals surface area contributed by atoms with Crippen LogP contribution in [0.2, 0.25) is 0 Å². The van der Waals surface area contributed by atoms with Crippen LogP contribution in [0.5, 0.6) is 0 Å². The van der Waals surface area contributed by atoms with Gasteiger partial charge in [-0.15, -0.1) is 0 Å². The fraction of sp³-hybridized carbons (Fsp3) is 0.182. The van der Waals surface area contributed by atoms with Crippen LogP contribution < -0.4 is 10.6 Å². The first-order chi connectivity index (χ1) is 13.0. The van der Waals surface area contributed by atoms with Crippen molar-refractivity contribution >= 4 is 22.6 Å². The molecule has 3 N–H and O–H groups in total.